The Bertz CT molecular complexity index is 2140. The lowest BCUT2D eigenvalue weighted by Crippen LogP contribution is -2.30. The first-order valence-corrected chi connectivity index (χ1v) is 51.7. The molecule has 0 bridgehead atoms. The predicted molar refractivity (Wildman–Crippen MR) is 469 cm³/mol. The number of rotatable bonds is 94. The van der Waals surface area contributed by atoms with Gasteiger partial charge in [0.2, 0.25) is 0 Å². The van der Waals surface area contributed by atoms with Gasteiger partial charge in [0, 0.05) is 25.7 Å². The number of esters is 4. The van der Waals surface area contributed by atoms with E-state index in [2.05, 4.69) is 34.6 Å². The molecule has 3 N–H and O–H groups in total. The molecule has 0 aromatic rings. The van der Waals surface area contributed by atoms with E-state index in [-0.39, 0.29) is 25.7 Å². The highest BCUT2D eigenvalue weighted by Crippen LogP contribution is 2.45. The van der Waals surface area contributed by atoms with Crippen molar-refractivity contribution in [3.63, 3.8) is 0 Å². The van der Waals surface area contributed by atoms with Crippen LogP contribution in [-0.2, 0) is 65.4 Å². The average molecular weight is 1650 g/mol. The van der Waals surface area contributed by atoms with Crippen molar-refractivity contribution in [2.24, 2.45) is 5.92 Å². The summed E-state index contributed by atoms with van der Waals surface area (Å²) in [6.07, 6.45) is 83.4. The number of hydrogen-bond donors (Lipinski definition) is 3. The van der Waals surface area contributed by atoms with Crippen LogP contribution in [-0.4, -0.2) is 96.7 Å². The lowest BCUT2D eigenvalue weighted by molar-refractivity contribution is -0.161. The molecule has 0 fully saturated rings. The molecule has 19 heteroatoms. The maximum Gasteiger partial charge on any atom is 0.472 e. The highest BCUT2D eigenvalue weighted by molar-refractivity contribution is 7.47. The number of carbonyl (C=O) groups is 4. The third-order valence-electron chi connectivity index (χ3n) is 22.6. The number of unbranched alkanes of at least 4 members (excludes halogenated alkanes) is 65. The van der Waals surface area contributed by atoms with Gasteiger partial charge in [-0.1, -0.05) is 465 Å². The topological polar surface area (TPSA) is 237 Å². The predicted octanol–water partition coefficient (Wildman–Crippen LogP) is 29.5. The van der Waals surface area contributed by atoms with Crippen molar-refractivity contribution in [1.29, 1.82) is 0 Å². The van der Waals surface area contributed by atoms with Crippen LogP contribution in [0.2, 0.25) is 0 Å². The molecule has 672 valence electrons. The summed E-state index contributed by atoms with van der Waals surface area (Å²) in [4.78, 5) is 73.5. The van der Waals surface area contributed by atoms with Crippen LogP contribution in [0.4, 0.5) is 0 Å². The van der Waals surface area contributed by atoms with Crippen LogP contribution in [0.25, 0.3) is 0 Å². The third kappa shape index (κ3) is 86.3. The Morgan fingerprint density at radius 3 is 0.628 bits per heavy atom. The van der Waals surface area contributed by atoms with Gasteiger partial charge in [0.25, 0.3) is 0 Å². The monoisotopic (exact) mass is 1650 g/mol. The van der Waals surface area contributed by atoms with Crippen LogP contribution in [0.1, 0.15) is 516 Å². The van der Waals surface area contributed by atoms with E-state index in [1.807, 2.05) is 0 Å². The number of carbonyl (C=O) groups excluding carboxylic acids is 4. The summed E-state index contributed by atoms with van der Waals surface area (Å²) in [5, 5.41) is 10.7. The molecule has 113 heavy (non-hydrogen) atoms. The molecular formula is C94H184O17P2. The molecule has 0 aliphatic heterocycles. The number of phosphoric acid groups is 2. The average Bonchev–Trinajstić information content (AvgIpc) is 0.897. The summed E-state index contributed by atoms with van der Waals surface area (Å²) in [7, 11) is -9.94. The number of aliphatic hydroxyl groups is 1. The minimum Gasteiger partial charge on any atom is -0.462 e. The van der Waals surface area contributed by atoms with Gasteiger partial charge in [0.15, 0.2) is 12.2 Å². The van der Waals surface area contributed by atoms with Gasteiger partial charge in [-0.3, -0.25) is 37.3 Å². The van der Waals surface area contributed by atoms with Crippen molar-refractivity contribution in [3.8, 4) is 0 Å². The molecule has 0 saturated heterocycles. The Kier molecular flexibility index (Phi) is 85.0. The molecule has 6 atom stereocenters. The molecule has 3 unspecified atom stereocenters. The van der Waals surface area contributed by atoms with Gasteiger partial charge in [-0.25, -0.2) is 9.13 Å². The molecule has 0 saturated carbocycles. The molecule has 0 aromatic heterocycles. The second kappa shape index (κ2) is 86.4. The molecule has 0 aliphatic rings. The van der Waals surface area contributed by atoms with Crippen LogP contribution in [0.3, 0.4) is 0 Å². The van der Waals surface area contributed by atoms with Crippen molar-refractivity contribution < 1.29 is 80.2 Å². The van der Waals surface area contributed by atoms with Crippen molar-refractivity contribution in [1.82, 2.24) is 0 Å². The quantitative estimate of drug-likeness (QED) is 0.0222. The molecule has 0 amide bonds. The molecule has 0 radical (unpaired) electrons. The zero-order chi connectivity index (χ0) is 82.6. The van der Waals surface area contributed by atoms with Crippen molar-refractivity contribution >= 4 is 39.5 Å². The molecule has 0 aliphatic carbocycles. The van der Waals surface area contributed by atoms with Crippen molar-refractivity contribution in [2.45, 2.75) is 534 Å². The maximum atomic E-state index is 13.2. The van der Waals surface area contributed by atoms with E-state index in [1.165, 1.54) is 340 Å². The van der Waals surface area contributed by atoms with E-state index in [0.717, 1.165) is 95.8 Å². The Balaban J connectivity index is 5.25. The van der Waals surface area contributed by atoms with Crippen molar-refractivity contribution in [2.75, 3.05) is 39.6 Å². The normalized spacial score (nSPS) is 13.9. The summed E-state index contributed by atoms with van der Waals surface area (Å²) >= 11 is 0. The first kappa shape index (κ1) is 111. The zero-order valence-corrected chi connectivity index (χ0v) is 76.3. The second-order valence-corrected chi connectivity index (χ2v) is 36.9. The van der Waals surface area contributed by atoms with Gasteiger partial charge in [-0.15, -0.1) is 0 Å². The van der Waals surface area contributed by atoms with Gasteiger partial charge < -0.3 is 33.8 Å². The maximum absolute atomic E-state index is 13.2. The minimum atomic E-state index is -4.97. The number of aliphatic hydroxyl groups excluding tert-OH is 1. The van der Waals surface area contributed by atoms with E-state index < -0.39 is 97.5 Å². The highest BCUT2D eigenvalue weighted by atomic mass is 31.2. The van der Waals surface area contributed by atoms with Crippen LogP contribution in [0.15, 0.2) is 0 Å². The minimum absolute atomic E-state index is 0.109. The lowest BCUT2D eigenvalue weighted by Gasteiger charge is -2.21. The van der Waals surface area contributed by atoms with Crippen LogP contribution in [0.5, 0.6) is 0 Å². The zero-order valence-electron chi connectivity index (χ0n) is 74.5. The van der Waals surface area contributed by atoms with E-state index in [9.17, 15) is 43.2 Å². The summed E-state index contributed by atoms with van der Waals surface area (Å²) in [6, 6.07) is 0. The fourth-order valence-corrected chi connectivity index (χ4v) is 16.4. The first-order chi connectivity index (χ1) is 55.1. The Morgan fingerprint density at radius 1 is 0.248 bits per heavy atom. The van der Waals surface area contributed by atoms with E-state index in [1.54, 1.807) is 0 Å². The number of hydrogen-bond acceptors (Lipinski definition) is 15. The van der Waals surface area contributed by atoms with Gasteiger partial charge in [0.1, 0.15) is 19.3 Å². The molecular weight excluding hydrogens is 1460 g/mol. The molecule has 17 nitrogen and oxygen atoms in total. The smallest absolute Gasteiger partial charge is 0.462 e. The van der Waals surface area contributed by atoms with Gasteiger partial charge in [-0.2, -0.15) is 0 Å². The summed E-state index contributed by atoms with van der Waals surface area (Å²) in [5.41, 5.74) is 0. The third-order valence-corrected chi connectivity index (χ3v) is 24.5. The van der Waals surface area contributed by atoms with Gasteiger partial charge in [-0.05, 0) is 31.6 Å². The van der Waals surface area contributed by atoms with Crippen LogP contribution < -0.4 is 0 Å². The van der Waals surface area contributed by atoms with Crippen LogP contribution >= 0.6 is 15.6 Å². The Hall–Kier alpha value is -1.94. The van der Waals surface area contributed by atoms with Gasteiger partial charge >= 0.3 is 39.5 Å². The fourth-order valence-electron chi connectivity index (χ4n) is 14.9. The molecule has 0 aromatic carbocycles. The molecule has 0 rings (SSSR count). The molecule has 0 heterocycles. The van der Waals surface area contributed by atoms with E-state index in [0.29, 0.717) is 25.7 Å². The first-order valence-electron chi connectivity index (χ1n) is 48.7. The largest absolute Gasteiger partial charge is 0.472 e. The fraction of sp³-hybridized carbons (Fsp3) is 0.957. The number of phosphoric ester groups is 2. The SMILES string of the molecule is CCCCCCCCCCCCCCCCCCCCCCCC(=O)OC[C@H](COP(=O)(O)OC[C@@H](O)COP(=O)(O)OC[C@@H](COC(=O)CCCCCCCCCCCCCCC)OC(=O)CCCCCCCCCCCCCCCCC(C)CC)OC(=O)CCCCCCCCCCCCCCCCCCCCCCC. The highest BCUT2D eigenvalue weighted by Gasteiger charge is 2.31. The summed E-state index contributed by atoms with van der Waals surface area (Å²) < 4.78 is 69.2. The standard InChI is InChI=1S/C94H184O17P2/c1-6-10-13-16-19-22-25-28-30-32-34-36-38-40-42-48-53-58-63-68-73-78-92(97)105-84-90(110-93(98)79-74-69-64-59-54-49-43-41-39-37-35-33-31-29-26-23-20-17-14-11-7-2)86-109-113(102,103)107-82-88(95)81-106-112(100,101)108-85-89(83-104-91(96)77-72-67-62-57-52-46-27-24-21-18-15-12-8-3)111-94(99)80-75-70-65-60-55-50-45-44-47-51-56-61-66-71-76-87(5)9-4/h87-90,95H,6-86H2,1-5H3,(H,100,101)(H,102,103)/t87?,88-,89+,90+/m0/s1. The summed E-state index contributed by atoms with van der Waals surface area (Å²) in [5.74, 6) is -1.24. The van der Waals surface area contributed by atoms with Crippen LogP contribution in [0, 0.1) is 5.92 Å². The number of ether oxygens (including phenoxy) is 4. The summed E-state index contributed by atoms with van der Waals surface area (Å²) in [6.45, 7) is 7.47. The Morgan fingerprint density at radius 2 is 0.425 bits per heavy atom. The Labute approximate surface area is 696 Å². The second-order valence-electron chi connectivity index (χ2n) is 34.0. The van der Waals surface area contributed by atoms with E-state index in [4.69, 9.17) is 37.0 Å². The molecule has 0 spiro atoms. The van der Waals surface area contributed by atoms with E-state index >= 15 is 0 Å². The lowest BCUT2D eigenvalue weighted by atomic mass is 9.99. The van der Waals surface area contributed by atoms with Crippen molar-refractivity contribution in [3.05, 3.63) is 0 Å². The van der Waals surface area contributed by atoms with Gasteiger partial charge in [0.05, 0.1) is 26.4 Å².